The van der Waals surface area contributed by atoms with E-state index in [9.17, 15) is 5.11 Å². The summed E-state index contributed by atoms with van der Waals surface area (Å²) in [4.78, 5) is 2.38. The molecule has 0 radical (unpaired) electrons. The first-order valence-corrected chi connectivity index (χ1v) is 7.59. The van der Waals surface area contributed by atoms with E-state index in [1.54, 1.807) is 0 Å². The highest BCUT2D eigenvalue weighted by Gasteiger charge is 2.53. The number of thiol groups is 1. The number of thioether (sulfide) groups is 2. The third-order valence-corrected chi connectivity index (χ3v) is 6.58. The second-order valence-electron chi connectivity index (χ2n) is 4.49. The molecular weight excluding hydrogens is 246 g/mol. The molecule has 2 fully saturated rings. The van der Waals surface area contributed by atoms with Crippen LogP contribution in [0.5, 0.6) is 0 Å². The molecule has 2 aliphatic rings. The molecule has 0 unspecified atom stereocenters. The standard InChI is InChI=1S/C10H17NOS3/c1-6(12)9-10(2,3)15-8-5-14-7(4-13)11(8)9/h7-9,12-13H,1,4-5H2,2-3H3/t7-,8+,9-/m1/s1. The third-order valence-electron chi connectivity index (χ3n) is 2.96. The van der Waals surface area contributed by atoms with Crippen LogP contribution in [0.15, 0.2) is 12.3 Å². The van der Waals surface area contributed by atoms with E-state index in [1.807, 2.05) is 23.5 Å². The second kappa shape index (κ2) is 4.09. The van der Waals surface area contributed by atoms with Crippen LogP contribution >= 0.6 is 36.2 Å². The predicted octanol–water partition coefficient (Wildman–Crippen LogP) is 2.58. The Bertz CT molecular complexity index is 282. The van der Waals surface area contributed by atoms with Crippen molar-refractivity contribution in [3.63, 3.8) is 0 Å². The van der Waals surface area contributed by atoms with Crippen LogP contribution in [0, 0.1) is 0 Å². The lowest BCUT2D eigenvalue weighted by atomic mass is 10.0. The highest BCUT2D eigenvalue weighted by Crippen LogP contribution is 2.53. The summed E-state index contributed by atoms with van der Waals surface area (Å²) in [7, 11) is 0. The molecule has 0 aromatic carbocycles. The van der Waals surface area contributed by atoms with E-state index in [-0.39, 0.29) is 10.8 Å². The zero-order valence-electron chi connectivity index (χ0n) is 9.01. The first-order valence-electron chi connectivity index (χ1n) is 5.03. The van der Waals surface area contributed by atoms with Crippen LogP contribution in [-0.4, -0.2) is 43.0 Å². The monoisotopic (exact) mass is 263 g/mol. The number of aliphatic hydroxyl groups is 1. The van der Waals surface area contributed by atoms with Crippen molar-refractivity contribution < 1.29 is 5.11 Å². The smallest absolute Gasteiger partial charge is 0.104 e. The summed E-state index contributed by atoms with van der Waals surface area (Å²) < 4.78 is 0.0542. The maximum absolute atomic E-state index is 9.76. The summed E-state index contributed by atoms with van der Waals surface area (Å²) in [5.74, 6) is 2.26. The van der Waals surface area contributed by atoms with Gasteiger partial charge in [0, 0.05) is 16.3 Å². The maximum atomic E-state index is 9.76. The minimum atomic E-state index is 0.0542. The Balaban J connectivity index is 2.27. The molecule has 0 amide bonds. The Hall–Kier alpha value is 0.550. The van der Waals surface area contributed by atoms with Crippen molar-refractivity contribution in [3.05, 3.63) is 12.3 Å². The van der Waals surface area contributed by atoms with Crippen molar-refractivity contribution in [2.24, 2.45) is 0 Å². The minimum Gasteiger partial charge on any atom is -0.511 e. The van der Waals surface area contributed by atoms with Crippen LogP contribution in [0.25, 0.3) is 0 Å². The number of nitrogens with zero attached hydrogens (tertiary/aromatic N) is 1. The van der Waals surface area contributed by atoms with Crippen LogP contribution < -0.4 is 0 Å². The van der Waals surface area contributed by atoms with E-state index in [0.29, 0.717) is 16.5 Å². The number of aliphatic hydroxyl groups excluding tert-OH is 1. The van der Waals surface area contributed by atoms with Crippen LogP contribution in [-0.2, 0) is 0 Å². The Morgan fingerprint density at radius 3 is 2.87 bits per heavy atom. The molecular formula is C10H17NOS3. The highest BCUT2D eigenvalue weighted by molar-refractivity contribution is 8.05. The van der Waals surface area contributed by atoms with Gasteiger partial charge in [0.1, 0.15) is 5.76 Å². The summed E-state index contributed by atoms with van der Waals surface area (Å²) in [5.41, 5.74) is 0. The number of hydrogen-bond acceptors (Lipinski definition) is 5. The summed E-state index contributed by atoms with van der Waals surface area (Å²) in [6, 6.07) is 0.0691. The second-order valence-corrected chi connectivity index (χ2v) is 7.90. The molecule has 15 heavy (non-hydrogen) atoms. The summed E-state index contributed by atoms with van der Waals surface area (Å²) in [6.07, 6.45) is 0. The van der Waals surface area contributed by atoms with Gasteiger partial charge in [-0.2, -0.15) is 12.6 Å². The summed E-state index contributed by atoms with van der Waals surface area (Å²) in [6.45, 7) is 8.09. The van der Waals surface area contributed by atoms with Crippen molar-refractivity contribution in [2.75, 3.05) is 11.5 Å². The van der Waals surface area contributed by atoms with Crippen LogP contribution in [0.1, 0.15) is 13.8 Å². The number of fused-ring (bicyclic) bond motifs is 1. The van der Waals surface area contributed by atoms with Crippen molar-refractivity contribution in [1.29, 1.82) is 0 Å². The Morgan fingerprint density at radius 2 is 2.33 bits per heavy atom. The van der Waals surface area contributed by atoms with Gasteiger partial charge >= 0.3 is 0 Å². The zero-order valence-corrected chi connectivity index (χ0v) is 11.5. The van der Waals surface area contributed by atoms with Crippen LogP contribution in [0.2, 0.25) is 0 Å². The number of rotatable bonds is 2. The zero-order chi connectivity index (χ0) is 11.2. The van der Waals surface area contributed by atoms with E-state index >= 15 is 0 Å². The molecule has 2 nitrogen and oxygen atoms in total. The minimum absolute atomic E-state index is 0.0542. The maximum Gasteiger partial charge on any atom is 0.104 e. The van der Waals surface area contributed by atoms with Gasteiger partial charge in [0.15, 0.2) is 0 Å². The molecule has 2 heterocycles. The fraction of sp³-hybridized carbons (Fsp3) is 0.800. The van der Waals surface area contributed by atoms with Gasteiger partial charge in [-0.15, -0.1) is 23.5 Å². The molecule has 0 saturated carbocycles. The molecule has 1 N–H and O–H groups in total. The van der Waals surface area contributed by atoms with Crippen molar-refractivity contribution in [3.8, 4) is 0 Å². The van der Waals surface area contributed by atoms with Crippen molar-refractivity contribution >= 4 is 36.2 Å². The molecule has 3 atom stereocenters. The summed E-state index contributed by atoms with van der Waals surface area (Å²) in [5, 5.41) is 10.7. The molecule has 2 aliphatic heterocycles. The van der Waals surface area contributed by atoms with Crippen molar-refractivity contribution in [2.45, 2.75) is 35.4 Å². The molecule has 5 heteroatoms. The summed E-state index contributed by atoms with van der Waals surface area (Å²) >= 11 is 8.26. The quantitative estimate of drug-likeness (QED) is 0.590. The normalized spacial score (nSPS) is 39.3. The fourth-order valence-electron chi connectivity index (χ4n) is 2.47. The average molecular weight is 263 g/mol. The van der Waals surface area contributed by atoms with Gasteiger partial charge in [-0.25, -0.2) is 0 Å². The highest BCUT2D eigenvalue weighted by atomic mass is 32.2. The lowest BCUT2D eigenvalue weighted by Crippen LogP contribution is -2.45. The molecule has 0 aliphatic carbocycles. The van der Waals surface area contributed by atoms with Crippen LogP contribution in [0.4, 0.5) is 0 Å². The first-order chi connectivity index (χ1) is 6.97. The average Bonchev–Trinajstić information content (AvgIpc) is 2.57. The van der Waals surface area contributed by atoms with E-state index in [1.165, 1.54) is 0 Å². The van der Waals surface area contributed by atoms with Crippen LogP contribution in [0.3, 0.4) is 0 Å². The molecule has 2 saturated heterocycles. The van der Waals surface area contributed by atoms with Gasteiger partial charge < -0.3 is 5.11 Å². The van der Waals surface area contributed by atoms with Gasteiger partial charge in [0.2, 0.25) is 0 Å². The van der Waals surface area contributed by atoms with Crippen molar-refractivity contribution in [1.82, 2.24) is 4.90 Å². The number of hydrogen-bond donors (Lipinski definition) is 2. The fourth-order valence-corrected chi connectivity index (χ4v) is 6.15. The molecule has 0 bridgehead atoms. The molecule has 0 aromatic rings. The molecule has 0 aromatic heterocycles. The molecule has 2 rings (SSSR count). The third kappa shape index (κ3) is 1.92. The molecule has 0 spiro atoms. The lowest BCUT2D eigenvalue weighted by Gasteiger charge is -2.32. The Labute approximate surface area is 105 Å². The van der Waals surface area contributed by atoms with E-state index in [0.717, 1.165) is 11.5 Å². The Kier molecular flexibility index (Phi) is 3.28. The largest absolute Gasteiger partial charge is 0.511 e. The molecule has 86 valence electrons. The van der Waals surface area contributed by atoms with E-state index in [4.69, 9.17) is 0 Å². The van der Waals surface area contributed by atoms with Gasteiger partial charge in [0.05, 0.1) is 16.8 Å². The van der Waals surface area contributed by atoms with Gasteiger partial charge in [-0.05, 0) is 13.8 Å². The SMILES string of the molecule is C=C(O)[C@H]1N2[C@H](CS[C@@H]2CS)SC1(C)C. The van der Waals surface area contributed by atoms with Gasteiger partial charge in [-0.1, -0.05) is 6.58 Å². The van der Waals surface area contributed by atoms with E-state index in [2.05, 4.69) is 38.0 Å². The van der Waals surface area contributed by atoms with E-state index < -0.39 is 0 Å². The van der Waals surface area contributed by atoms with Gasteiger partial charge in [0.25, 0.3) is 0 Å². The topological polar surface area (TPSA) is 23.5 Å². The predicted molar refractivity (Wildman–Crippen MR) is 73.0 cm³/mol. The van der Waals surface area contributed by atoms with Gasteiger partial charge in [-0.3, -0.25) is 4.90 Å². The Morgan fingerprint density at radius 1 is 1.67 bits per heavy atom. The lowest BCUT2D eigenvalue weighted by molar-refractivity contribution is 0.172. The first kappa shape index (κ1) is 12.0.